The van der Waals surface area contributed by atoms with Gasteiger partial charge in [0.15, 0.2) is 11.7 Å². The number of guanidine groups is 1. The van der Waals surface area contributed by atoms with E-state index in [1.165, 1.54) is 6.26 Å². The first-order valence-electron chi connectivity index (χ1n) is 10.3. The second-order valence-corrected chi connectivity index (χ2v) is 7.19. The Balaban J connectivity index is 1.26. The van der Waals surface area contributed by atoms with Crippen LogP contribution in [-0.2, 0) is 6.54 Å². The van der Waals surface area contributed by atoms with Crippen molar-refractivity contribution >= 4 is 23.4 Å². The van der Waals surface area contributed by atoms with Gasteiger partial charge < -0.3 is 24.9 Å². The zero-order valence-electron chi connectivity index (χ0n) is 17.5. The summed E-state index contributed by atoms with van der Waals surface area (Å²) in [5, 5.41) is 6.25. The van der Waals surface area contributed by atoms with Gasteiger partial charge in [-0.25, -0.2) is 4.98 Å². The number of aromatic nitrogens is 1. The van der Waals surface area contributed by atoms with Crippen LogP contribution in [0.5, 0.6) is 0 Å². The van der Waals surface area contributed by atoms with E-state index in [-0.39, 0.29) is 11.7 Å². The summed E-state index contributed by atoms with van der Waals surface area (Å²) in [5.41, 5.74) is 1.82. The van der Waals surface area contributed by atoms with Gasteiger partial charge in [0.2, 0.25) is 0 Å². The Bertz CT molecular complexity index is 994. The van der Waals surface area contributed by atoms with Crippen LogP contribution < -0.4 is 15.5 Å². The fraction of sp³-hybridized carbons (Fsp3) is 0.261. The average molecular weight is 419 g/mol. The number of pyridine rings is 1. The van der Waals surface area contributed by atoms with Crippen molar-refractivity contribution in [2.75, 3.05) is 43.4 Å². The number of hydrogen-bond donors (Lipinski definition) is 2. The van der Waals surface area contributed by atoms with Crippen molar-refractivity contribution in [1.82, 2.24) is 15.2 Å². The molecule has 3 heterocycles. The van der Waals surface area contributed by atoms with Gasteiger partial charge in [0.1, 0.15) is 5.82 Å². The molecule has 31 heavy (non-hydrogen) atoms. The number of furan rings is 1. The van der Waals surface area contributed by atoms with Crippen LogP contribution in [0.25, 0.3) is 0 Å². The van der Waals surface area contributed by atoms with Crippen molar-refractivity contribution < 1.29 is 9.21 Å². The highest BCUT2D eigenvalue weighted by molar-refractivity contribution is 6.02. The van der Waals surface area contributed by atoms with Crippen molar-refractivity contribution in [3.05, 3.63) is 78.4 Å². The molecule has 3 aromatic rings. The zero-order valence-corrected chi connectivity index (χ0v) is 17.5. The smallest absolute Gasteiger partial charge is 0.291 e. The lowest BCUT2D eigenvalue weighted by Crippen LogP contribution is -2.52. The summed E-state index contributed by atoms with van der Waals surface area (Å²) in [6, 6.07) is 17.0. The molecule has 2 N–H and O–H groups in total. The summed E-state index contributed by atoms with van der Waals surface area (Å²) in [7, 11) is 1.81. The van der Waals surface area contributed by atoms with E-state index < -0.39 is 0 Å². The molecule has 0 atom stereocenters. The molecule has 0 saturated carbocycles. The highest BCUT2D eigenvalue weighted by atomic mass is 16.3. The maximum Gasteiger partial charge on any atom is 0.291 e. The molecule has 1 amide bonds. The Morgan fingerprint density at radius 2 is 1.87 bits per heavy atom. The van der Waals surface area contributed by atoms with E-state index in [1.807, 2.05) is 48.7 Å². The second kappa shape index (κ2) is 9.80. The van der Waals surface area contributed by atoms with Crippen molar-refractivity contribution in [2.24, 2.45) is 4.99 Å². The van der Waals surface area contributed by atoms with Crippen molar-refractivity contribution in [1.29, 1.82) is 0 Å². The largest absolute Gasteiger partial charge is 0.459 e. The molecule has 1 aromatic carbocycles. The Kier molecular flexibility index (Phi) is 6.47. The minimum atomic E-state index is -0.263. The summed E-state index contributed by atoms with van der Waals surface area (Å²) in [5.74, 6) is 1.93. The average Bonchev–Trinajstić information content (AvgIpc) is 3.37. The van der Waals surface area contributed by atoms with Gasteiger partial charge in [-0.2, -0.15) is 0 Å². The summed E-state index contributed by atoms with van der Waals surface area (Å²) in [6.45, 7) is 4.23. The highest BCUT2D eigenvalue weighted by Crippen LogP contribution is 2.14. The van der Waals surface area contributed by atoms with Gasteiger partial charge in [0.05, 0.1) is 6.26 Å². The third-order valence-electron chi connectivity index (χ3n) is 5.17. The first-order chi connectivity index (χ1) is 15.2. The minimum Gasteiger partial charge on any atom is -0.459 e. The van der Waals surface area contributed by atoms with Crippen LogP contribution in [0.3, 0.4) is 0 Å². The van der Waals surface area contributed by atoms with Crippen LogP contribution in [0, 0.1) is 0 Å². The van der Waals surface area contributed by atoms with Gasteiger partial charge in [0.25, 0.3) is 5.91 Å². The standard InChI is InChI=1S/C23H26N6O2/c1-24-23(29-14-12-28(13-15-29)21-6-2-3-11-25-21)26-17-18-7-9-19(10-8-18)27-22(30)20-5-4-16-31-20/h2-11,16H,12-15,17H2,1H3,(H,24,26)(H,27,30). The molecule has 8 nitrogen and oxygen atoms in total. The first kappa shape index (κ1) is 20.5. The van der Waals surface area contributed by atoms with Crippen LogP contribution >= 0.6 is 0 Å². The van der Waals surface area contributed by atoms with E-state index >= 15 is 0 Å². The maximum atomic E-state index is 12.1. The van der Waals surface area contributed by atoms with Crippen molar-refractivity contribution in [2.45, 2.75) is 6.54 Å². The van der Waals surface area contributed by atoms with Crippen molar-refractivity contribution in [3.63, 3.8) is 0 Å². The van der Waals surface area contributed by atoms with E-state index in [1.54, 1.807) is 19.2 Å². The Hall–Kier alpha value is -3.81. The molecule has 0 spiro atoms. The summed E-state index contributed by atoms with van der Waals surface area (Å²) in [4.78, 5) is 25.5. The minimum absolute atomic E-state index is 0.263. The molecule has 1 fully saturated rings. The highest BCUT2D eigenvalue weighted by Gasteiger charge is 2.20. The van der Waals surface area contributed by atoms with Gasteiger partial charge in [-0.15, -0.1) is 0 Å². The molecule has 0 bridgehead atoms. The number of carbonyl (C=O) groups excluding carboxylic acids is 1. The fourth-order valence-corrected chi connectivity index (χ4v) is 3.51. The molecule has 0 unspecified atom stereocenters. The summed E-state index contributed by atoms with van der Waals surface area (Å²) in [6.07, 6.45) is 3.31. The number of anilines is 2. The van der Waals surface area contributed by atoms with Gasteiger partial charge in [-0.1, -0.05) is 18.2 Å². The lowest BCUT2D eigenvalue weighted by Gasteiger charge is -2.37. The van der Waals surface area contributed by atoms with E-state index in [9.17, 15) is 4.79 Å². The fourth-order valence-electron chi connectivity index (χ4n) is 3.51. The number of nitrogens with one attached hydrogen (secondary N) is 2. The van der Waals surface area contributed by atoms with E-state index in [4.69, 9.17) is 4.42 Å². The summed E-state index contributed by atoms with van der Waals surface area (Å²) >= 11 is 0. The summed E-state index contributed by atoms with van der Waals surface area (Å²) < 4.78 is 5.11. The van der Waals surface area contributed by atoms with Crippen LogP contribution in [0.15, 0.2) is 76.5 Å². The molecule has 0 radical (unpaired) electrons. The first-order valence-corrected chi connectivity index (χ1v) is 10.3. The Morgan fingerprint density at radius 1 is 1.06 bits per heavy atom. The van der Waals surface area contributed by atoms with E-state index in [0.29, 0.717) is 6.54 Å². The number of hydrogen-bond acceptors (Lipinski definition) is 5. The zero-order chi connectivity index (χ0) is 21.5. The Labute approximate surface area is 181 Å². The lowest BCUT2D eigenvalue weighted by molar-refractivity contribution is 0.0996. The monoisotopic (exact) mass is 418 g/mol. The molecule has 160 valence electrons. The second-order valence-electron chi connectivity index (χ2n) is 7.19. The number of benzene rings is 1. The Morgan fingerprint density at radius 3 is 2.52 bits per heavy atom. The van der Waals surface area contributed by atoms with E-state index in [0.717, 1.165) is 49.2 Å². The lowest BCUT2D eigenvalue weighted by atomic mass is 10.2. The molecule has 2 aromatic heterocycles. The number of aliphatic imine (C=N–C) groups is 1. The number of nitrogens with zero attached hydrogens (tertiary/aromatic N) is 4. The number of carbonyl (C=O) groups is 1. The van der Waals surface area contributed by atoms with E-state index in [2.05, 4.69) is 30.4 Å². The molecule has 1 saturated heterocycles. The molecule has 1 aliphatic rings. The van der Waals surface area contributed by atoms with Gasteiger partial charge in [0, 0.05) is 51.7 Å². The third-order valence-corrected chi connectivity index (χ3v) is 5.17. The number of amides is 1. The van der Waals surface area contributed by atoms with Crippen LogP contribution in [-0.4, -0.2) is 55.0 Å². The predicted molar refractivity (Wildman–Crippen MR) is 121 cm³/mol. The molecule has 4 rings (SSSR count). The van der Waals surface area contributed by atoms with Gasteiger partial charge in [-0.05, 0) is 42.0 Å². The molecule has 8 heteroatoms. The van der Waals surface area contributed by atoms with Crippen LogP contribution in [0.2, 0.25) is 0 Å². The number of piperazine rings is 1. The maximum absolute atomic E-state index is 12.1. The molecule has 0 aliphatic carbocycles. The normalized spacial score (nSPS) is 14.4. The third kappa shape index (κ3) is 5.22. The molecular formula is C23H26N6O2. The number of rotatable bonds is 5. The van der Waals surface area contributed by atoms with Crippen LogP contribution in [0.4, 0.5) is 11.5 Å². The van der Waals surface area contributed by atoms with Crippen molar-refractivity contribution in [3.8, 4) is 0 Å². The van der Waals surface area contributed by atoms with Gasteiger partial charge >= 0.3 is 0 Å². The predicted octanol–water partition coefficient (Wildman–Crippen LogP) is 2.82. The van der Waals surface area contributed by atoms with Crippen LogP contribution in [0.1, 0.15) is 16.1 Å². The molecular weight excluding hydrogens is 392 g/mol. The molecule has 1 aliphatic heterocycles. The quantitative estimate of drug-likeness (QED) is 0.490. The topological polar surface area (TPSA) is 86.0 Å². The van der Waals surface area contributed by atoms with Gasteiger partial charge in [-0.3, -0.25) is 9.79 Å². The SMILES string of the molecule is CN=C(NCc1ccc(NC(=O)c2ccco2)cc1)N1CCN(c2ccccn2)CC1.